The summed E-state index contributed by atoms with van der Waals surface area (Å²) in [5.41, 5.74) is 7.21. The molecule has 0 aliphatic rings. The van der Waals surface area contributed by atoms with E-state index in [1.54, 1.807) is 36.7 Å². The van der Waals surface area contributed by atoms with Crippen molar-refractivity contribution in [3.63, 3.8) is 0 Å². The first-order valence-corrected chi connectivity index (χ1v) is 6.89. The lowest BCUT2D eigenvalue weighted by molar-refractivity contribution is 0.200. The Morgan fingerprint density at radius 1 is 1.32 bits per heavy atom. The van der Waals surface area contributed by atoms with Crippen molar-refractivity contribution in [2.24, 2.45) is 0 Å². The predicted molar refractivity (Wildman–Crippen MR) is 75.5 cm³/mol. The van der Waals surface area contributed by atoms with Crippen LogP contribution in [0.5, 0.6) is 0 Å². The number of benzene rings is 1. The molecule has 1 atom stereocenters. The summed E-state index contributed by atoms with van der Waals surface area (Å²) in [7, 11) is 0. The molecule has 0 saturated carbocycles. The van der Waals surface area contributed by atoms with Crippen LogP contribution in [0.1, 0.15) is 5.56 Å². The molecule has 2 rings (SSSR count). The fourth-order valence-corrected chi connectivity index (χ4v) is 2.54. The van der Waals surface area contributed by atoms with Gasteiger partial charge in [-0.15, -0.1) is 11.8 Å². The van der Waals surface area contributed by atoms with Crippen LogP contribution in [0.25, 0.3) is 0 Å². The van der Waals surface area contributed by atoms with Crippen molar-refractivity contribution >= 4 is 17.4 Å². The summed E-state index contributed by atoms with van der Waals surface area (Å²) in [5.74, 6) is 0.149. The maximum Gasteiger partial charge on any atom is 0.136 e. The van der Waals surface area contributed by atoms with Gasteiger partial charge >= 0.3 is 0 Å². The molecule has 0 aliphatic heterocycles. The van der Waals surface area contributed by atoms with Gasteiger partial charge in [-0.05, 0) is 23.8 Å². The molecule has 2 aromatic rings. The van der Waals surface area contributed by atoms with Gasteiger partial charge in [0.25, 0.3) is 0 Å². The largest absolute Gasteiger partial charge is 0.398 e. The minimum Gasteiger partial charge on any atom is -0.398 e. The van der Waals surface area contributed by atoms with E-state index in [9.17, 15) is 9.50 Å². The highest BCUT2D eigenvalue weighted by Gasteiger charge is 2.10. The fraction of sp³-hybridized carbons (Fsp3) is 0.214. The molecule has 0 spiro atoms. The molecule has 19 heavy (non-hydrogen) atoms. The standard InChI is InChI=1S/C14H15FN2OS/c15-12-3-1-2-4-14(12)19-9-11(18)7-10-8-17-6-5-13(10)16/h1-6,8,11,18H,7,9H2,(H2,16,17). The van der Waals surface area contributed by atoms with Gasteiger partial charge in [0.05, 0.1) is 6.10 Å². The number of anilines is 1. The molecule has 3 N–H and O–H groups in total. The number of rotatable bonds is 5. The van der Waals surface area contributed by atoms with Crippen molar-refractivity contribution in [1.29, 1.82) is 0 Å². The number of aromatic nitrogens is 1. The zero-order valence-electron chi connectivity index (χ0n) is 10.3. The average molecular weight is 278 g/mol. The van der Waals surface area contributed by atoms with Gasteiger partial charge in [-0.25, -0.2) is 4.39 Å². The third-order valence-electron chi connectivity index (χ3n) is 2.66. The topological polar surface area (TPSA) is 59.1 Å². The number of aliphatic hydroxyl groups is 1. The minimum atomic E-state index is -0.587. The van der Waals surface area contributed by atoms with E-state index in [1.165, 1.54) is 17.8 Å². The van der Waals surface area contributed by atoms with Gasteiger partial charge < -0.3 is 10.8 Å². The maximum absolute atomic E-state index is 13.4. The molecule has 100 valence electrons. The van der Waals surface area contributed by atoms with Gasteiger partial charge in [0, 0.05) is 35.2 Å². The second-order valence-electron chi connectivity index (χ2n) is 4.17. The average Bonchev–Trinajstić information content (AvgIpc) is 2.40. The summed E-state index contributed by atoms with van der Waals surface area (Å²) < 4.78 is 13.4. The summed E-state index contributed by atoms with van der Waals surface area (Å²) in [6.07, 6.45) is 3.09. The summed E-state index contributed by atoms with van der Waals surface area (Å²) >= 11 is 1.29. The Kier molecular flexibility index (Phi) is 4.76. The molecule has 0 amide bonds. The third kappa shape index (κ3) is 3.94. The van der Waals surface area contributed by atoms with E-state index in [0.29, 0.717) is 22.8 Å². The Hall–Kier alpha value is -1.59. The summed E-state index contributed by atoms with van der Waals surface area (Å²) in [5, 5.41) is 9.95. The second kappa shape index (κ2) is 6.54. The molecule has 0 bridgehead atoms. The molecule has 0 radical (unpaired) electrons. The molecular weight excluding hydrogens is 263 g/mol. The van der Waals surface area contributed by atoms with Gasteiger partial charge in [0.15, 0.2) is 0 Å². The molecule has 1 unspecified atom stereocenters. The maximum atomic E-state index is 13.4. The number of thioether (sulfide) groups is 1. The van der Waals surface area contributed by atoms with Crippen LogP contribution in [0.3, 0.4) is 0 Å². The number of nitrogen functional groups attached to an aromatic ring is 1. The van der Waals surface area contributed by atoms with E-state index in [4.69, 9.17) is 5.73 Å². The zero-order chi connectivity index (χ0) is 13.7. The fourth-order valence-electron chi connectivity index (χ4n) is 1.67. The van der Waals surface area contributed by atoms with Gasteiger partial charge in [0.1, 0.15) is 5.82 Å². The Morgan fingerprint density at radius 3 is 2.84 bits per heavy atom. The first-order valence-electron chi connectivity index (χ1n) is 5.90. The van der Waals surface area contributed by atoms with Crippen LogP contribution in [-0.4, -0.2) is 21.9 Å². The van der Waals surface area contributed by atoms with E-state index in [2.05, 4.69) is 4.98 Å². The van der Waals surface area contributed by atoms with Gasteiger partial charge in [-0.3, -0.25) is 4.98 Å². The van der Waals surface area contributed by atoms with Crippen LogP contribution in [0.4, 0.5) is 10.1 Å². The number of hydrogen-bond acceptors (Lipinski definition) is 4. The van der Waals surface area contributed by atoms with Crippen molar-refractivity contribution in [3.05, 3.63) is 54.1 Å². The third-order valence-corrected chi connectivity index (χ3v) is 3.86. The molecule has 1 heterocycles. The molecular formula is C14H15FN2OS. The lowest BCUT2D eigenvalue weighted by atomic mass is 10.1. The summed E-state index contributed by atoms with van der Waals surface area (Å²) in [4.78, 5) is 4.52. The van der Waals surface area contributed by atoms with Crippen molar-refractivity contribution in [2.45, 2.75) is 17.4 Å². The van der Waals surface area contributed by atoms with Crippen LogP contribution in [0.15, 0.2) is 47.6 Å². The van der Waals surface area contributed by atoms with Gasteiger partial charge in [-0.1, -0.05) is 12.1 Å². The van der Waals surface area contributed by atoms with E-state index in [0.717, 1.165) is 5.56 Å². The first kappa shape index (κ1) is 13.8. The smallest absolute Gasteiger partial charge is 0.136 e. The lowest BCUT2D eigenvalue weighted by Gasteiger charge is -2.11. The Morgan fingerprint density at radius 2 is 2.11 bits per heavy atom. The van der Waals surface area contributed by atoms with Crippen molar-refractivity contribution in [2.75, 3.05) is 11.5 Å². The van der Waals surface area contributed by atoms with Crippen LogP contribution in [0, 0.1) is 5.82 Å². The van der Waals surface area contributed by atoms with Crippen LogP contribution < -0.4 is 5.73 Å². The highest BCUT2D eigenvalue weighted by molar-refractivity contribution is 7.99. The molecule has 0 aliphatic carbocycles. The zero-order valence-corrected chi connectivity index (χ0v) is 11.1. The highest BCUT2D eigenvalue weighted by Crippen LogP contribution is 2.23. The Labute approximate surface area is 115 Å². The monoisotopic (exact) mass is 278 g/mol. The van der Waals surface area contributed by atoms with Crippen molar-refractivity contribution in [3.8, 4) is 0 Å². The number of nitrogens with two attached hydrogens (primary N) is 1. The quantitative estimate of drug-likeness (QED) is 0.825. The normalized spacial score (nSPS) is 12.3. The lowest BCUT2D eigenvalue weighted by Crippen LogP contribution is -2.15. The number of nitrogens with zero attached hydrogens (tertiary/aromatic N) is 1. The molecule has 3 nitrogen and oxygen atoms in total. The second-order valence-corrected chi connectivity index (χ2v) is 5.24. The summed E-state index contributed by atoms with van der Waals surface area (Å²) in [6.45, 7) is 0. The SMILES string of the molecule is Nc1ccncc1CC(O)CSc1ccccc1F. The van der Waals surface area contributed by atoms with Gasteiger partial charge in [0.2, 0.25) is 0 Å². The molecule has 0 saturated heterocycles. The molecule has 1 aromatic heterocycles. The van der Waals surface area contributed by atoms with Crippen LogP contribution in [-0.2, 0) is 6.42 Å². The Balaban J connectivity index is 1.90. The van der Waals surface area contributed by atoms with Gasteiger partial charge in [-0.2, -0.15) is 0 Å². The van der Waals surface area contributed by atoms with E-state index < -0.39 is 6.10 Å². The number of halogens is 1. The van der Waals surface area contributed by atoms with E-state index in [1.807, 2.05) is 0 Å². The van der Waals surface area contributed by atoms with E-state index >= 15 is 0 Å². The highest BCUT2D eigenvalue weighted by atomic mass is 32.2. The minimum absolute atomic E-state index is 0.263. The molecule has 0 fully saturated rings. The number of aliphatic hydroxyl groups excluding tert-OH is 1. The number of hydrogen-bond donors (Lipinski definition) is 2. The first-order chi connectivity index (χ1) is 9.16. The molecule has 5 heteroatoms. The number of pyridine rings is 1. The predicted octanol–water partition coefficient (Wildman–Crippen LogP) is 2.50. The molecule has 1 aromatic carbocycles. The van der Waals surface area contributed by atoms with E-state index in [-0.39, 0.29) is 5.82 Å². The summed E-state index contributed by atoms with van der Waals surface area (Å²) in [6, 6.07) is 8.23. The van der Waals surface area contributed by atoms with Crippen LogP contribution in [0.2, 0.25) is 0 Å². The van der Waals surface area contributed by atoms with Crippen LogP contribution >= 0.6 is 11.8 Å². The Bertz CT molecular complexity index is 550. The van der Waals surface area contributed by atoms with Crippen molar-refractivity contribution in [1.82, 2.24) is 4.98 Å². The van der Waals surface area contributed by atoms with Crippen molar-refractivity contribution < 1.29 is 9.50 Å².